The van der Waals surface area contributed by atoms with Crippen molar-refractivity contribution in [1.82, 2.24) is 0 Å². The lowest BCUT2D eigenvalue weighted by atomic mass is 10.1. The molecule has 1 fully saturated rings. The van der Waals surface area contributed by atoms with Gasteiger partial charge in [-0.1, -0.05) is 11.6 Å². The summed E-state index contributed by atoms with van der Waals surface area (Å²) in [7, 11) is 0. The fraction of sp³-hybridized carbons (Fsp3) is 0.462. The van der Waals surface area contributed by atoms with E-state index in [9.17, 15) is 9.90 Å². The molecule has 1 aliphatic rings. The maximum absolute atomic E-state index is 11.4. The summed E-state index contributed by atoms with van der Waals surface area (Å²) in [5, 5.41) is 12.9. The molecule has 4 nitrogen and oxygen atoms in total. The number of carboxylic acid groups (broad SMARTS) is 1. The predicted molar refractivity (Wildman–Crippen MR) is 77.8 cm³/mol. The molecule has 1 saturated heterocycles. The van der Waals surface area contributed by atoms with E-state index < -0.39 is 12.0 Å². The van der Waals surface area contributed by atoms with Gasteiger partial charge in [0.15, 0.2) is 6.04 Å². The molecule has 0 radical (unpaired) electrons. The molecule has 1 aliphatic heterocycles. The lowest BCUT2D eigenvalue weighted by molar-refractivity contribution is -0.141. The maximum Gasteiger partial charge on any atom is 0.328 e. The van der Waals surface area contributed by atoms with Gasteiger partial charge in [-0.15, -0.1) is 0 Å². The molecule has 0 spiro atoms. The highest BCUT2D eigenvalue weighted by Gasteiger charge is 2.34. The summed E-state index contributed by atoms with van der Waals surface area (Å²) in [6.07, 6.45) is 1.45. The van der Waals surface area contributed by atoms with Gasteiger partial charge >= 0.3 is 5.97 Å². The largest absolute Gasteiger partial charge is 0.480 e. The van der Waals surface area contributed by atoms with Gasteiger partial charge in [-0.3, -0.25) is 0 Å². The summed E-state index contributed by atoms with van der Waals surface area (Å²) in [4.78, 5) is 11.4. The van der Waals surface area contributed by atoms with E-state index in [0.717, 1.165) is 17.3 Å². The van der Waals surface area contributed by atoms with Gasteiger partial charge in [-0.2, -0.15) is 0 Å². The Balaban J connectivity index is 2.12. The smallest absolute Gasteiger partial charge is 0.328 e. The third kappa shape index (κ3) is 3.61. The molecule has 104 valence electrons. The quantitative estimate of drug-likeness (QED) is 0.874. The number of anilines is 1. The van der Waals surface area contributed by atoms with Gasteiger partial charge in [0, 0.05) is 10.2 Å². The zero-order valence-electron chi connectivity index (χ0n) is 10.4. The Labute approximate surface area is 125 Å². The first-order chi connectivity index (χ1) is 8.97. The Bertz CT molecular complexity index is 483. The number of carboxylic acids is 1. The minimum absolute atomic E-state index is 0.116. The monoisotopic (exact) mass is 347 g/mol. The molecule has 0 saturated carbocycles. The highest BCUT2D eigenvalue weighted by Crippen LogP contribution is 2.28. The maximum atomic E-state index is 11.4. The van der Waals surface area contributed by atoms with Crippen molar-refractivity contribution in [3.8, 4) is 0 Å². The van der Waals surface area contributed by atoms with Crippen LogP contribution in [0.2, 0.25) is 5.02 Å². The molecule has 1 aromatic carbocycles. The van der Waals surface area contributed by atoms with Crippen LogP contribution in [0.5, 0.6) is 0 Å². The molecule has 2 N–H and O–H groups in total. The van der Waals surface area contributed by atoms with Crippen LogP contribution in [-0.4, -0.2) is 29.3 Å². The molecule has 19 heavy (non-hydrogen) atoms. The lowest BCUT2D eigenvalue weighted by Crippen LogP contribution is -2.40. The number of halogens is 2. The van der Waals surface area contributed by atoms with E-state index in [0.29, 0.717) is 10.7 Å². The summed E-state index contributed by atoms with van der Waals surface area (Å²) in [5.41, 5.74) is 0.701. The third-order valence-electron chi connectivity index (χ3n) is 3.14. The van der Waals surface area contributed by atoms with Crippen LogP contribution in [0, 0.1) is 0 Å². The van der Waals surface area contributed by atoms with Crippen LogP contribution < -0.4 is 5.32 Å². The standard InChI is InChI=1S/C13H15BrClNO3/c1-7-2-5-11(19-7)12(13(17)18)16-8-3-4-10(15)9(14)6-8/h3-4,6-7,11-12,16H,2,5H2,1H3,(H,17,18). The molecule has 0 bridgehead atoms. The lowest BCUT2D eigenvalue weighted by Gasteiger charge is -2.22. The molecule has 1 heterocycles. The first-order valence-corrected chi connectivity index (χ1v) is 7.24. The Morgan fingerprint density at radius 2 is 2.32 bits per heavy atom. The summed E-state index contributed by atoms with van der Waals surface area (Å²) in [6, 6.07) is 4.47. The molecule has 0 amide bonds. The highest BCUT2D eigenvalue weighted by molar-refractivity contribution is 9.10. The van der Waals surface area contributed by atoms with E-state index in [2.05, 4.69) is 21.2 Å². The van der Waals surface area contributed by atoms with Crippen LogP contribution in [0.15, 0.2) is 22.7 Å². The van der Waals surface area contributed by atoms with Crippen molar-refractivity contribution in [2.24, 2.45) is 0 Å². The zero-order chi connectivity index (χ0) is 14.0. The normalized spacial score (nSPS) is 24.2. The Kier molecular flexibility index (Phi) is 4.71. The van der Waals surface area contributed by atoms with Crippen LogP contribution in [0.4, 0.5) is 5.69 Å². The number of benzene rings is 1. The Morgan fingerprint density at radius 1 is 1.58 bits per heavy atom. The fourth-order valence-electron chi connectivity index (χ4n) is 2.16. The summed E-state index contributed by atoms with van der Waals surface area (Å²) in [6.45, 7) is 1.96. The van der Waals surface area contributed by atoms with E-state index in [4.69, 9.17) is 16.3 Å². The molecule has 2 rings (SSSR count). The highest BCUT2D eigenvalue weighted by atomic mass is 79.9. The first kappa shape index (κ1) is 14.6. The van der Waals surface area contributed by atoms with Crippen molar-refractivity contribution in [3.63, 3.8) is 0 Å². The SMILES string of the molecule is CC1CCC(C(Nc2ccc(Cl)c(Br)c2)C(=O)O)O1. The summed E-state index contributed by atoms with van der Waals surface area (Å²) in [5.74, 6) is -0.912. The number of carbonyl (C=O) groups is 1. The van der Waals surface area contributed by atoms with Crippen molar-refractivity contribution in [3.05, 3.63) is 27.7 Å². The van der Waals surface area contributed by atoms with Crippen LogP contribution in [0.25, 0.3) is 0 Å². The van der Waals surface area contributed by atoms with E-state index in [1.165, 1.54) is 0 Å². The average molecular weight is 349 g/mol. The molecule has 1 aromatic rings. The fourth-order valence-corrected chi connectivity index (χ4v) is 2.65. The van der Waals surface area contributed by atoms with E-state index >= 15 is 0 Å². The topological polar surface area (TPSA) is 58.6 Å². The number of ether oxygens (including phenoxy) is 1. The van der Waals surface area contributed by atoms with Crippen molar-refractivity contribution < 1.29 is 14.6 Å². The van der Waals surface area contributed by atoms with Gasteiger partial charge < -0.3 is 15.2 Å². The van der Waals surface area contributed by atoms with E-state index in [-0.39, 0.29) is 12.2 Å². The minimum atomic E-state index is -0.912. The predicted octanol–water partition coefficient (Wildman–Crippen LogP) is 3.54. The van der Waals surface area contributed by atoms with Crippen molar-refractivity contribution in [2.75, 3.05) is 5.32 Å². The van der Waals surface area contributed by atoms with E-state index in [1.807, 2.05) is 6.92 Å². The van der Waals surface area contributed by atoms with Gasteiger partial charge in [0.2, 0.25) is 0 Å². The van der Waals surface area contributed by atoms with Crippen LogP contribution in [0.1, 0.15) is 19.8 Å². The van der Waals surface area contributed by atoms with Gasteiger partial charge in [0.1, 0.15) is 0 Å². The summed E-state index contributed by atoms with van der Waals surface area (Å²) < 4.78 is 6.36. The molecule has 0 aromatic heterocycles. The Hall–Kier alpha value is -0.780. The van der Waals surface area contributed by atoms with Gasteiger partial charge in [-0.25, -0.2) is 4.79 Å². The molecule has 6 heteroatoms. The van der Waals surface area contributed by atoms with E-state index in [1.54, 1.807) is 18.2 Å². The number of nitrogens with one attached hydrogen (secondary N) is 1. The van der Waals surface area contributed by atoms with Crippen LogP contribution in [-0.2, 0) is 9.53 Å². The number of rotatable bonds is 4. The molecular weight excluding hydrogens is 334 g/mol. The van der Waals surface area contributed by atoms with Crippen LogP contribution >= 0.6 is 27.5 Å². The van der Waals surface area contributed by atoms with Gasteiger partial charge in [-0.05, 0) is 53.9 Å². The molecule has 3 atom stereocenters. The average Bonchev–Trinajstić information content (AvgIpc) is 2.76. The molecular formula is C13H15BrClNO3. The minimum Gasteiger partial charge on any atom is -0.480 e. The zero-order valence-corrected chi connectivity index (χ0v) is 12.7. The van der Waals surface area contributed by atoms with Crippen molar-refractivity contribution in [1.29, 1.82) is 0 Å². The van der Waals surface area contributed by atoms with Crippen molar-refractivity contribution in [2.45, 2.75) is 38.0 Å². The number of hydrogen-bond acceptors (Lipinski definition) is 3. The Morgan fingerprint density at radius 3 is 2.84 bits per heavy atom. The van der Waals surface area contributed by atoms with Crippen LogP contribution in [0.3, 0.4) is 0 Å². The second-order valence-electron chi connectivity index (χ2n) is 4.65. The van der Waals surface area contributed by atoms with Gasteiger partial charge in [0.05, 0.1) is 17.2 Å². The summed E-state index contributed by atoms with van der Waals surface area (Å²) >= 11 is 9.23. The van der Waals surface area contributed by atoms with Gasteiger partial charge in [0.25, 0.3) is 0 Å². The van der Waals surface area contributed by atoms with Crippen molar-refractivity contribution >= 4 is 39.2 Å². The number of hydrogen-bond donors (Lipinski definition) is 2. The number of aliphatic carboxylic acids is 1. The second-order valence-corrected chi connectivity index (χ2v) is 5.91. The third-order valence-corrected chi connectivity index (χ3v) is 4.36. The molecule has 0 aliphatic carbocycles. The second kappa shape index (κ2) is 6.11. The molecule has 3 unspecified atom stereocenters. The first-order valence-electron chi connectivity index (χ1n) is 6.07.